The lowest BCUT2D eigenvalue weighted by Crippen LogP contribution is -2.49. The first-order chi connectivity index (χ1) is 15.6. The van der Waals surface area contributed by atoms with E-state index in [0.717, 1.165) is 30.6 Å². The van der Waals surface area contributed by atoms with Gasteiger partial charge in [0.05, 0.1) is 5.60 Å². The van der Waals surface area contributed by atoms with Gasteiger partial charge in [-0.25, -0.2) is 4.98 Å². The van der Waals surface area contributed by atoms with E-state index in [1.807, 2.05) is 13.8 Å². The minimum Gasteiger partial charge on any atom is -0.390 e. The topological polar surface area (TPSA) is 110 Å². The standard InChI is InChI=1S/C26H36N4O3/c1-25(2,33)7-6-19(14-26-11-16-8-17(12-26)10-18(9-16)13-26)28-24(32)21-4-3-5-22-29-20(23(27)31)15-30(21)22/h3-5,15-19,33H,6-14H2,1-2H3,(H2,27,31)(H,28,32). The molecule has 178 valence electrons. The van der Waals surface area contributed by atoms with Gasteiger partial charge < -0.3 is 16.2 Å². The molecule has 7 nitrogen and oxygen atoms in total. The number of carbonyl (C=O) groups is 2. The molecule has 2 aromatic heterocycles. The number of pyridine rings is 1. The van der Waals surface area contributed by atoms with E-state index < -0.39 is 11.5 Å². The molecule has 2 aromatic rings. The Hall–Kier alpha value is -2.41. The van der Waals surface area contributed by atoms with Crippen LogP contribution < -0.4 is 11.1 Å². The lowest BCUT2D eigenvalue weighted by atomic mass is 9.48. The fraction of sp³-hybridized carbons (Fsp3) is 0.654. The van der Waals surface area contributed by atoms with Crippen LogP contribution >= 0.6 is 0 Å². The molecule has 33 heavy (non-hydrogen) atoms. The first-order valence-corrected chi connectivity index (χ1v) is 12.4. The Morgan fingerprint density at radius 1 is 1.21 bits per heavy atom. The number of aromatic nitrogens is 2. The summed E-state index contributed by atoms with van der Waals surface area (Å²) in [5, 5.41) is 13.7. The van der Waals surface area contributed by atoms with Crippen molar-refractivity contribution >= 4 is 17.5 Å². The summed E-state index contributed by atoms with van der Waals surface area (Å²) in [7, 11) is 0. The molecule has 4 aliphatic carbocycles. The van der Waals surface area contributed by atoms with E-state index in [1.54, 1.807) is 22.6 Å². The summed E-state index contributed by atoms with van der Waals surface area (Å²) in [5.41, 5.74) is 6.04. The van der Waals surface area contributed by atoms with Gasteiger partial charge in [-0.2, -0.15) is 0 Å². The fourth-order valence-corrected chi connectivity index (χ4v) is 7.39. The van der Waals surface area contributed by atoms with Gasteiger partial charge in [-0.1, -0.05) is 6.07 Å². The Morgan fingerprint density at radius 2 is 1.85 bits per heavy atom. The molecule has 0 spiro atoms. The van der Waals surface area contributed by atoms with Crippen LogP contribution in [0.15, 0.2) is 24.4 Å². The minimum atomic E-state index is -0.773. The normalized spacial score (nSPS) is 29.4. The van der Waals surface area contributed by atoms with Crippen molar-refractivity contribution in [1.82, 2.24) is 14.7 Å². The lowest BCUT2D eigenvalue weighted by Gasteiger charge is -2.57. The van der Waals surface area contributed by atoms with E-state index >= 15 is 0 Å². The number of aliphatic hydroxyl groups is 1. The van der Waals surface area contributed by atoms with Crippen molar-refractivity contribution in [2.75, 3.05) is 0 Å². The first-order valence-electron chi connectivity index (χ1n) is 12.4. The Balaban J connectivity index is 1.38. The predicted octanol–water partition coefficient (Wildman–Crippen LogP) is 3.69. The summed E-state index contributed by atoms with van der Waals surface area (Å²) in [6.07, 6.45) is 11.9. The van der Waals surface area contributed by atoms with Crippen molar-refractivity contribution in [3.8, 4) is 0 Å². The summed E-state index contributed by atoms with van der Waals surface area (Å²) in [6, 6.07) is 5.26. The SMILES string of the molecule is CC(C)(O)CCC(CC12CC3CC(CC(C3)C1)C2)NC(=O)c1cccc2nc(C(N)=O)cn12. The molecule has 0 radical (unpaired) electrons. The van der Waals surface area contributed by atoms with Crippen LogP contribution in [-0.4, -0.2) is 37.9 Å². The number of nitrogens with two attached hydrogens (primary N) is 1. The smallest absolute Gasteiger partial charge is 0.268 e. The van der Waals surface area contributed by atoms with E-state index in [1.165, 1.54) is 44.7 Å². The van der Waals surface area contributed by atoms with Crippen LogP contribution in [0, 0.1) is 23.2 Å². The number of rotatable bonds is 8. The lowest BCUT2D eigenvalue weighted by molar-refractivity contribution is -0.0629. The average Bonchev–Trinajstić information content (AvgIpc) is 3.15. The molecule has 4 N–H and O–H groups in total. The number of imidazole rings is 1. The molecule has 1 atom stereocenters. The summed E-state index contributed by atoms with van der Waals surface area (Å²) in [5.74, 6) is 1.77. The molecule has 0 saturated heterocycles. The van der Waals surface area contributed by atoms with Crippen molar-refractivity contribution in [3.05, 3.63) is 35.8 Å². The van der Waals surface area contributed by atoms with E-state index in [0.29, 0.717) is 23.2 Å². The van der Waals surface area contributed by atoms with Crippen LogP contribution in [0.5, 0.6) is 0 Å². The van der Waals surface area contributed by atoms with Crippen LogP contribution in [0.2, 0.25) is 0 Å². The van der Waals surface area contributed by atoms with Crippen molar-refractivity contribution < 1.29 is 14.7 Å². The number of nitrogens with zero attached hydrogens (tertiary/aromatic N) is 2. The maximum atomic E-state index is 13.4. The zero-order chi connectivity index (χ0) is 23.4. The largest absolute Gasteiger partial charge is 0.390 e. The molecule has 1 unspecified atom stereocenters. The van der Waals surface area contributed by atoms with Crippen molar-refractivity contribution in [2.24, 2.45) is 28.9 Å². The number of fused-ring (bicyclic) bond motifs is 1. The minimum absolute atomic E-state index is 0.00503. The number of carbonyl (C=O) groups excluding carboxylic acids is 2. The maximum Gasteiger partial charge on any atom is 0.268 e. The van der Waals surface area contributed by atoms with E-state index in [-0.39, 0.29) is 17.6 Å². The quantitative estimate of drug-likeness (QED) is 0.567. The number of nitrogens with one attached hydrogen (secondary N) is 1. The Kier molecular flexibility index (Phi) is 5.51. The van der Waals surface area contributed by atoms with Gasteiger partial charge in [0.15, 0.2) is 0 Å². The molecule has 2 amide bonds. The van der Waals surface area contributed by atoms with Gasteiger partial charge in [-0.15, -0.1) is 0 Å². The molecule has 0 aliphatic heterocycles. The molecule has 4 fully saturated rings. The summed E-state index contributed by atoms with van der Waals surface area (Å²) < 4.78 is 1.63. The van der Waals surface area contributed by atoms with Crippen molar-refractivity contribution in [3.63, 3.8) is 0 Å². The van der Waals surface area contributed by atoms with Gasteiger partial charge in [0, 0.05) is 12.2 Å². The highest BCUT2D eigenvalue weighted by Crippen LogP contribution is 2.61. The summed E-state index contributed by atoms with van der Waals surface area (Å²) in [4.78, 5) is 29.2. The van der Waals surface area contributed by atoms with Crippen LogP contribution in [0.3, 0.4) is 0 Å². The molecule has 7 heteroatoms. The second-order valence-electron chi connectivity index (χ2n) is 11.8. The Labute approximate surface area is 195 Å². The highest BCUT2D eigenvalue weighted by molar-refractivity contribution is 5.95. The Bertz CT molecular complexity index is 1030. The van der Waals surface area contributed by atoms with Crippen molar-refractivity contribution in [1.29, 1.82) is 0 Å². The average molecular weight is 453 g/mol. The van der Waals surface area contributed by atoms with E-state index in [9.17, 15) is 14.7 Å². The molecule has 2 heterocycles. The van der Waals surface area contributed by atoms with Gasteiger partial charge in [0.1, 0.15) is 17.0 Å². The third-order valence-electron chi connectivity index (χ3n) is 8.26. The third kappa shape index (κ3) is 4.65. The van der Waals surface area contributed by atoms with Crippen LogP contribution in [0.4, 0.5) is 0 Å². The first kappa shape index (κ1) is 22.4. The molecule has 4 bridgehead atoms. The number of amides is 2. The molecular weight excluding hydrogens is 416 g/mol. The summed E-state index contributed by atoms with van der Waals surface area (Å²) in [6.45, 7) is 3.66. The fourth-order valence-electron chi connectivity index (χ4n) is 7.39. The van der Waals surface area contributed by atoms with E-state index in [4.69, 9.17) is 5.73 Å². The molecule has 4 saturated carbocycles. The second kappa shape index (κ2) is 8.12. The number of primary amides is 1. The molecular formula is C26H36N4O3. The molecule has 6 rings (SSSR count). The Morgan fingerprint density at radius 3 is 2.42 bits per heavy atom. The highest BCUT2D eigenvalue weighted by atomic mass is 16.3. The monoisotopic (exact) mass is 452 g/mol. The molecule has 4 aliphatic rings. The van der Waals surface area contributed by atoms with Gasteiger partial charge in [0.2, 0.25) is 0 Å². The maximum absolute atomic E-state index is 13.4. The van der Waals surface area contributed by atoms with Crippen molar-refractivity contribution in [2.45, 2.75) is 83.3 Å². The summed E-state index contributed by atoms with van der Waals surface area (Å²) >= 11 is 0. The second-order valence-corrected chi connectivity index (χ2v) is 11.8. The van der Waals surface area contributed by atoms with Gasteiger partial charge in [-0.3, -0.25) is 14.0 Å². The van der Waals surface area contributed by atoms with Crippen LogP contribution in [-0.2, 0) is 0 Å². The number of hydrogen-bond donors (Lipinski definition) is 3. The zero-order valence-electron chi connectivity index (χ0n) is 19.7. The van der Waals surface area contributed by atoms with Gasteiger partial charge in [0.25, 0.3) is 11.8 Å². The van der Waals surface area contributed by atoms with Crippen LogP contribution in [0.25, 0.3) is 5.65 Å². The number of hydrogen-bond acceptors (Lipinski definition) is 4. The van der Waals surface area contributed by atoms with Crippen LogP contribution in [0.1, 0.15) is 92.6 Å². The molecule has 0 aromatic carbocycles. The zero-order valence-corrected chi connectivity index (χ0v) is 19.7. The highest BCUT2D eigenvalue weighted by Gasteiger charge is 2.51. The predicted molar refractivity (Wildman–Crippen MR) is 126 cm³/mol. The van der Waals surface area contributed by atoms with Gasteiger partial charge in [-0.05, 0) is 107 Å². The van der Waals surface area contributed by atoms with E-state index in [2.05, 4.69) is 10.3 Å². The third-order valence-corrected chi connectivity index (χ3v) is 8.26. The van der Waals surface area contributed by atoms with Gasteiger partial charge >= 0.3 is 0 Å².